The fourth-order valence-electron chi connectivity index (χ4n) is 2.55. The number of hydrogen-bond acceptors (Lipinski definition) is 4. The van der Waals surface area contributed by atoms with E-state index >= 15 is 0 Å². The zero-order valence-corrected chi connectivity index (χ0v) is 8.92. The van der Waals surface area contributed by atoms with Gasteiger partial charge in [-0.05, 0) is 25.2 Å². The average Bonchev–Trinajstić information content (AvgIpc) is 2.74. The highest BCUT2D eigenvalue weighted by Gasteiger charge is 2.46. The molecule has 7 heteroatoms. The number of fused-ring (bicyclic) bond motifs is 1. The Labute approximate surface area is 95.5 Å². The van der Waals surface area contributed by atoms with Gasteiger partial charge in [0.25, 0.3) is 0 Å². The maximum absolute atomic E-state index is 11.9. The molecule has 4 nitrogen and oxygen atoms in total. The molecule has 0 aromatic carbocycles. The van der Waals surface area contributed by atoms with Crippen molar-refractivity contribution in [2.75, 3.05) is 0 Å². The van der Waals surface area contributed by atoms with E-state index in [2.05, 4.69) is 10.1 Å². The zero-order chi connectivity index (χ0) is 12.6. The lowest BCUT2D eigenvalue weighted by Gasteiger charge is -2.12. The number of esters is 2. The Morgan fingerprint density at radius 1 is 1.24 bits per heavy atom. The minimum absolute atomic E-state index is 0.175. The maximum atomic E-state index is 11.9. The molecule has 0 bridgehead atoms. The van der Waals surface area contributed by atoms with E-state index in [-0.39, 0.29) is 6.04 Å². The monoisotopic (exact) mass is 251 g/mol. The van der Waals surface area contributed by atoms with Crippen LogP contribution < -0.4 is 5.32 Å². The summed E-state index contributed by atoms with van der Waals surface area (Å²) in [7, 11) is 0. The predicted molar refractivity (Wildman–Crippen MR) is 49.8 cm³/mol. The van der Waals surface area contributed by atoms with Gasteiger partial charge < -0.3 is 10.1 Å². The molecule has 0 radical (unpaired) electrons. The van der Waals surface area contributed by atoms with Crippen molar-refractivity contribution in [1.82, 2.24) is 5.32 Å². The Balaban J connectivity index is 1.88. The van der Waals surface area contributed by atoms with Crippen LogP contribution in [0.1, 0.15) is 25.7 Å². The van der Waals surface area contributed by atoms with Crippen molar-refractivity contribution in [3.8, 4) is 0 Å². The van der Waals surface area contributed by atoms with E-state index in [0.717, 1.165) is 19.3 Å². The van der Waals surface area contributed by atoms with E-state index in [1.54, 1.807) is 0 Å². The first-order chi connectivity index (χ1) is 7.88. The van der Waals surface area contributed by atoms with Crippen molar-refractivity contribution in [3.63, 3.8) is 0 Å². The molecule has 1 saturated heterocycles. The molecule has 3 unspecified atom stereocenters. The van der Waals surface area contributed by atoms with Gasteiger partial charge in [-0.15, -0.1) is 0 Å². The van der Waals surface area contributed by atoms with Crippen molar-refractivity contribution in [2.45, 2.75) is 43.9 Å². The second kappa shape index (κ2) is 4.29. The summed E-state index contributed by atoms with van der Waals surface area (Å²) >= 11 is 0. The molecule has 0 amide bonds. The number of carbonyl (C=O) groups is 2. The standard InChI is InChI=1S/C10H12F3NO3/c11-10(12,13)9(16)17-8(15)7-4-5-2-1-3-6(5)14-7/h5-7,14H,1-4H2. The number of ether oxygens (including phenoxy) is 1. The van der Waals surface area contributed by atoms with E-state index in [9.17, 15) is 22.8 Å². The van der Waals surface area contributed by atoms with Gasteiger partial charge in [-0.3, -0.25) is 0 Å². The van der Waals surface area contributed by atoms with Crippen LogP contribution in [-0.2, 0) is 14.3 Å². The van der Waals surface area contributed by atoms with Gasteiger partial charge in [-0.1, -0.05) is 6.42 Å². The smallest absolute Gasteiger partial charge is 0.385 e. The number of halogens is 3. The summed E-state index contributed by atoms with van der Waals surface area (Å²) in [6.45, 7) is 0. The molecule has 1 N–H and O–H groups in total. The van der Waals surface area contributed by atoms with E-state index in [1.165, 1.54) is 0 Å². The normalized spacial score (nSPS) is 32.3. The van der Waals surface area contributed by atoms with Crippen LogP contribution in [-0.4, -0.2) is 30.2 Å². The highest BCUT2D eigenvalue weighted by molar-refractivity contribution is 5.91. The lowest BCUT2D eigenvalue weighted by Crippen LogP contribution is -2.39. The van der Waals surface area contributed by atoms with Gasteiger partial charge in [0, 0.05) is 6.04 Å². The second-order valence-corrected chi connectivity index (χ2v) is 4.46. The lowest BCUT2D eigenvalue weighted by atomic mass is 10.0. The van der Waals surface area contributed by atoms with Crippen molar-refractivity contribution < 1.29 is 27.5 Å². The molecule has 0 spiro atoms. The highest BCUT2D eigenvalue weighted by atomic mass is 19.4. The van der Waals surface area contributed by atoms with Crippen LogP contribution in [0.5, 0.6) is 0 Å². The third kappa shape index (κ3) is 2.59. The predicted octanol–water partition coefficient (Wildman–Crippen LogP) is 1.15. The van der Waals surface area contributed by atoms with E-state index in [1.807, 2.05) is 0 Å². The average molecular weight is 251 g/mol. The van der Waals surface area contributed by atoms with E-state index in [0.29, 0.717) is 12.3 Å². The largest absolute Gasteiger partial charge is 0.491 e. The first-order valence-corrected chi connectivity index (χ1v) is 5.47. The summed E-state index contributed by atoms with van der Waals surface area (Å²) in [5, 5.41) is 2.92. The van der Waals surface area contributed by atoms with E-state index in [4.69, 9.17) is 0 Å². The first kappa shape index (κ1) is 12.3. The van der Waals surface area contributed by atoms with Crippen molar-refractivity contribution in [2.24, 2.45) is 5.92 Å². The Morgan fingerprint density at radius 2 is 1.94 bits per heavy atom. The lowest BCUT2D eigenvalue weighted by molar-refractivity contribution is -0.202. The third-order valence-corrected chi connectivity index (χ3v) is 3.32. The molecule has 1 aliphatic heterocycles. The Morgan fingerprint density at radius 3 is 2.53 bits per heavy atom. The third-order valence-electron chi connectivity index (χ3n) is 3.32. The molecule has 0 aromatic heterocycles. The quantitative estimate of drug-likeness (QED) is 0.561. The molecule has 2 rings (SSSR count). The summed E-state index contributed by atoms with van der Waals surface area (Å²) < 4.78 is 39.4. The van der Waals surface area contributed by atoms with Crippen LogP contribution in [0.3, 0.4) is 0 Å². The second-order valence-electron chi connectivity index (χ2n) is 4.46. The molecule has 17 heavy (non-hydrogen) atoms. The molecule has 2 fully saturated rings. The fourth-order valence-corrected chi connectivity index (χ4v) is 2.55. The molecular formula is C10H12F3NO3. The number of nitrogens with one attached hydrogen (secondary N) is 1. The Bertz CT molecular complexity index is 330. The van der Waals surface area contributed by atoms with Gasteiger partial charge in [0.1, 0.15) is 6.04 Å². The molecule has 1 aliphatic carbocycles. The Kier molecular flexibility index (Phi) is 3.11. The molecular weight excluding hydrogens is 239 g/mol. The number of hydrogen-bond donors (Lipinski definition) is 1. The van der Waals surface area contributed by atoms with Crippen LogP contribution in [0.25, 0.3) is 0 Å². The van der Waals surface area contributed by atoms with Gasteiger partial charge in [-0.25, -0.2) is 9.59 Å². The van der Waals surface area contributed by atoms with E-state index < -0.39 is 24.2 Å². The van der Waals surface area contributed by atoms with Crippen molar-refractivity contribution >= 4 is 11.9 Å². The molecule has 1 saturated carbocycles. The zero-order valence-electron chi connectivity index (χ0n) is 8.92. The van der Waals surface area contributed by atoms with Crippen LogP contribution in [0.2, 0.25) is 0 Å². The summed E-state index contributed by atoms with van der Waals surface area (Å²) in [5.74, 6) is -3.25. The van der Waals surface area contributed by atoms with Gasteiger partial charge in [0.15, 0.2) is 0 Å². The number of alkyl halides is 3. The maximum Gasteiger partial charge on any atom is 0.491 e. The van der Waals surface area contributed by atoms with Crippen LogP contribution in [0, 0.1) is 5.92 Å². The van der Waals surface area contributed by atoms with Gasteiger partial charge in [0.05, 0.1) is 0 Å². The summed E-state index contributed by atoms with van der Waals surface area (Å²) in [4.78, 5) is 21.8. The number of carbonyl (C=O) groups excluding carboxylic acids is 2. The van der Waals surface area contributed by atoms with Gasteiger partial charge in [-0.2, -0.15) is 13.2 Å². The minimum Gasteiger partial charge on any atom is -0.385 e. The molecule has 1 heterocycles. The molecule has 0 aromatic rings. The van der Waals surface area contributed by atoms with Gasteiger partial charge >= 0.3 is 18.1 Å². The topological polar surface area (TPSA) is 55.4 Å². The van der Waals surface area contributed by atoms with Crippen molar-refractivity contribution in [1.29, 1.82) is 0 Å². The minimum atomic E-state index is -5.12. The molecule has 2 aliphatic rings. The van der Waals surface area contributed by atoms with Crippen LogP contribution in [0.4, 0.5) is 13.2 Å². The summed E-state index contributed by atoms with van der Waals surface area (Å²) in [6, 6.07) is -0.606. The van der Waals surface area contributed by atoms with Gasteiger partial charge in [0.2, 0.25) is 0 Å². The number of rotatable bonds is 1. The molecule has 3 atom stereocenters. The summed E-state index contributed by atoms with van der Waals surface area (Å²) in [5.41, 5.74) is 0. The highest BCUT2D eigenvalue weighted by Crippen LogP contribution is 2.35. The Hall–Kier alpha value is -1.11. The first-order valence-electron chi connectivity index (χ1n) is 5.47. The SMILES string of the molecule is O=C(OC(=O)C(F)(F)F)C1CC2CCCC2N1. The van der Waals surface area contributed by atoms with Crippen LogP contribution in [0.15, 0.2) is 0 Å². The van der Waals surface area contributed by atoms with Crippen molar-refractivity contribution in [3.05, 3.63) is 0 Å². The summed E-state index contributed by atoms with van der Waals surface area (Å²) in [6.07, 6.45) is -1.72. The fraction of sp³-hybridized carbons (Fsp3) is 0.800. The van der Waals surface area contributed by atoms with Crippen LogP contribution >= 0.6 is 0 Å². The molecule has 96 valence electrons.